The Morgan fingerprint density at radius 2 is 1.70 bits per heavy atom. The number of esters is 1. The summed E-state index contributed by atoms with van der Waals surface area (Å²) in [5, 5.41) is 2.13. The number of rotatable bonds is 12. The maximum absolute atomic E-state index is 12.6. The lowest BCUT2D eigenvalue weighted by molar-refractivity contribution is -0.156. The Morgan fingerprint density at radius 1 is 0.963 bits per heavy atom. The quantitative estimate of drug-likeness (QED) is 0.318. The number of carbonyl (C=O) groups is 1. The van der Waals surface area contributed by atoms with Crippen molar-refractivity contribution in [3.63, 3.8) is 0 Å². The Hall–Kier alpha value is -1.87. The summed E-state index contributed by atoms with van der Waals surface area (Å²) in [6, 6.07) is 14.0. The number of fused-ring (bicyclic) bond motifs is 1. The van der Waals surface area contributed by atoms with Gasteiger partial charge in [-0.15, -0.1) is 0 Å². The molecular formula is C24H34O3. The fraction of sp³-hybridized carbons (Fsp3) is 0.542. The van der Waals surface area contributed by atoms with E-state index < -0.39 is 6.10 Å². The molecule has 148 valence electrons. The third kappa shape index (κ3) is 6.66. The van der Waals surface area contributed by atoms with Crippen LogP contribution in [-0.4, -0.2) is 19.7 Å². The molecule has 2 aromatic rings. The molecule has 27 heavy (non-hydrogen) atoms. The van der Waals surface area contributed by atoms with Crippen LogP contribution in [-0.2, 0) is 14.3 Å². The van der Waals surface area contributed by atoms with Gasteiger partial charge in [-0.25, -0.2) is 4.79 Å². The number of methoxy groups -OCH3 is 1. The van der Waals surface area contributed by atoms with Crippen molar-refractivity contribution in [1.29, 1.82) is 0 Å². The average Bonchev–Trinajstić information content (AvgIpc) is 2.68. The lowest BCUT2D eigenvalue weighted by Crippen LogP contribution is -2.19. The highest BCUT2D eigenvalue weighted by atomic mass is 16.6. The van der Waals surface area contributed by atoms with Crippen molar-refractivity contribution in [3.8, 4) is 0 Å². The van der Waals surface area contributed by atoms with Crippen LogP contribution >= 0.6 is 0 Å². The average molecular weight is 371 g/mol. The molecule has 0 aliphatic heterocycles. The predicted octanol–water partition coefficient (Wildman–Crippen LogP) is 6.46. The van der Waals surface area contributed by atoms with Gasteiger partial charge >= 0.3 is 5.97 Å². The molecule has 0 bridgehead atoms. The van der Waals surface area contributed by atoms with Crippen LogP contribution < -0.4 is 0 Å². The van der Waals surface area contributed by atoms with Crippen molar-refractivity contribution >= 4 is 16.7 Å². The van der Waals surface area contributed by atoms with Gasteiger partial charge in [0.2, 0.25) is 0 Å². The topological polar surface area (TPSA) is 35.5 Å². The minimum atomic E-state index is -0.680. The van der Waals surface area contributed by atoms with E-state index in [1.54, 1.807) is 7.11 Å². The van der Waals surface area contributed by atoms with Gasteiger partial charge in [-0.05, 0) is 28.7 Å². The van der Waals surface area contributed by atoms with Gasteiger partial charge in [-0.3, -0.25) is 0 Å². The third-order valence-electron chi connectivity index (χ3n) is 5.21. The van der Waals surface area contributed by atoms with E-state index in [4.69, 9.17) is 9.47 Å². The van der Waals surface area contributed by atoms with E-state index in [9.17, 15) is 4.79 Å². The molecule has 0 heterocycles. The minimum absolute atomic E-state index is 0.302. The number of hydrogen-bond acceptors (Lipinski definition) is 3. The number of carbonyl (C=O) groups excluding carboxylic acids is 1. The Morgan fingerprint density at radius 3 is 2.48 bits per heavy atom. The van der Waals surface area contributed by atoms with Crippen molar-refractivity contribution in [1.82, 2.24) is 0 Å². The van der Waals surface area contributed by atoms with E-state index in [1.165, 1.54) is 38.5 Å². The van der Waals surface area contributed by atoms with Gasteiger partial charge in [0.05, 0.1) is 6.61 Å². The van der Waals surface area contributed by atoms with Crippen molar-refractivity contribution in [2.45, 2.75) is 64.9 Å². The molecule has 0 radical (unpaired) electrons. The lowest BCUT2D eigenvalue weighted by atomic mass is 9.99. The SMILES string of the molecule is CCCCCCC[C@H](C)CCOC(=O)[C@@H](OC)c1cccc2ccccc12. The zero-order valence-corrected chi connectivity index (χ0v) is 17.1. The summed E-state index contributed by atoms with van der Waals surface area (Å²) in [6.45, 7) is 4.94. The molecule has 0 saturated carbocycles. The van der Waals surface area contributed by atoms with E-state index in [-0.39, 0.29) is 5.97 Å². The molecule has 3 nitrogen and oxygen atoms in total. The zero-order valence-electron chi connectivity index (χ0n) is 17.1. The molecule has 2 aromatic carbocycles. The maximum Gasteiger partial charge on any atom is 0.339 e. The van der Waals surface area contributed by atoms with Crippen LogP contribution in [0, 0.1) is 5.92 Å². The molecule has 0 spiro atoms. The molecule has 0 aliphatic rings. The third-order valence-corrected chi connectivity index (χ3v) is 5.21. The molecule has 2 atom stereocenters. The van der Waals surface area contributed by atoms with E-state index in [1.807, 2.05) is 42.5 Å². The summed E-state index contributed by atoms with van der Waals surface area (Å²) in [7, 11) is 1.56. The molecule has 0 aromatic heterocycles. The van der Waals surface area contributed by atoms with Gasteiger partial charge in [-0.1, -0.05) is 94.8 Å². The second-order valence-electron chi connectivity index (χ2n) is 7.45. The monoisotopic (exact) mass is 370 g/mol. The van der Waals surface area contributed by atoms with Gasteiger partial charge in [0.25, 0.3) is 0 Å². The standard InChI is InChI=1S/C24H34O3/c1-4-5-6-7-8-12-19(2)17-18-27-24(25)23(26-3)22-16-11-14-20-13-9-10-15-21(20)22/h9-11,13-16,19,23H,4-8,12,17-18H2,1-3H3/t19-,23-/m0/s1. The van der Waals surface area contributed by atoms with E-state index in [0.717, 1.165) is 22.8 Å². The molecule has 0 amide bonds. The van der Waals surface area contributed by atoms with Crippen LogP contribution in [0.5, 0.6) is 0 Å². The molecule has 0 fully saturated rings. The van der Waals surface area contributed by atoms with Crippen molar-refractivity contribution in [3.05, 3.63) is 48.0 Å². The number of ether oxygens (including phenoxy) is 2. The van der Waals surface area contributed by atoms with Crippen LogP contribution in [0.25, 0.3) is 10.8 Å². The highest BCUT2D eigenvalue weighted by Crippen LogP contribution is 2.27. The van der Waals surface area contributed by atoms with Crippen LogP contribution in [0.3, 0.4) is 0 Å². The zero-order chi connectivity index (χ0) is 19.5. The predicted molar refractivity (Wildman–Crippen MR) is 112 cm³/mol. The molecular weight excluding hydrogens is 336 g/mol. The van der Waals surface area contributed by atoms with Gasteiger partial charge in [-0.2, -0.15) is 0 Å². The van der Waals surface area contributed by atoms with Crippen molar-refractivity contribution < 1.29 is 14.3 Å². The summed E-state index contributed by atoms with van der Waals surface area (Å²) in [5.74, 6) is 0.280. The van der Waals surface area contributed by atoms with Gasteiger partial charge in [0, 0.05) is 7.11 Å². The van der Waals surface area contributed by atoms with Crippen LogP contribution in [0.15, 0.2) is 42.5 Å². The summed E-state index contributed by atoms with van der Waals surface area (Å²) >= 11 is 0. The van der Waals surface area contributed by atoms with Crippen LogP contribution in [0.4, 0.5) is 0 Å². The Balaban J connectivity index is 1.83. The first-order valence-electron chi connectivity index (χ1n) is 10.3. The van der Waals surface area contributed by atoms with Gasteiger partial charge < -0.3 is 9.47 Å². The van der Waals surface area contributed by atoms with Crippen molar-refractivity contribution in [2.75, 3.05) is 13.7 Å². The second-order valence-corrected chi connectivity index (χ2v) is 7.45. The first-order chi connectivity index (χ1) is 13.2. The first kappa shape index (κ1) is 21.4. The summed E-state index contributed by atoms with van der Waals surface area (Å²) in [5.41, 5.74) is 0.865. The lowest BCUT2D eigenvalue weighted by Gasteiger charge is -2.18. The van der Waals surface area contributed by atoms with Crippen molar-refractivity contribution in [2.24, 2.45) is 5.92 Å². The maximum atomic E-state index is 12.6. The second kappa shape index (κ2) is 11.8. The fourth-order valence-corrected chi connectivity index (χ4v) is 3.51. The van der Waals surface area contributed by atoms with E-state index in [2.05, 4.69) is 13.8 Å². The summed E-state index contributed by atoms with van der Waals surface area (Å²) in [6.07, 6.45) is 7.96. The molecule has 0 aliphatic carbocycles. The molecule has 3 heteroatoms. The summed E-state index contributed by atoms with van der Waals surface area (Å²) in [4.78, 5) is 12.6. The van der Waals surface area contributed by atoms with E-state index >= 15 is 0 Å². The molecule has 2 rings (SSSR count). The smallest absolute Gasteiger partial charge is 0.339 e. The molecule has 0 N–H and O–H groups in total. The normalized spacial score (nSPS) is 13.4. The molecule has 0 unspecified atom stereocenters. The van der Waals surface area contributed by atoms with Gasteiger partial charge in [0.15, 0.2) is 6.10 Å². The largest absolute Gasteiger partial charge is 0.463 e. The Bertz CT molecular complexity index is 690. The molecule has 0 saturated heterocycles. The van der Waals surface area contributed by atoms with Crippen LogP contribution in [0.1, 0.15) is 70.5 Å². The highest BCUT2D eigenvalue weighted by Gasteiger charge is 2.23. The Labute approximate surface area is 164 Å². The minimum Gasteiger partial charge on any atom is -0.463 e. The van der Waals surface area contributed by atoms with Gasteiger partial charge in [0.1, 0.15) is 0 Å². The Kier molecular flexibility index (Phi) is 9.34. The fourth-order valence-electron chi connectivity index (χ4n) is 3.51. The first-order valence-corrected chi connectivity index (χ1v) is 10.3. The number of hydrogen-bond donors (Lipinski definition) is 0. The van der Waals surface area contributed by atoms with Crippen LogP contribution in [0.2, 0.25) is 0 Å². The van der Waals surface area contributed by atoms with E-state index in [0.29, 0.717) is 12.5 Å². The number of unbranched alkanes of at least 4 members (excludes halogenated alkanes) is 4. The highest BCUT2D eigenvalue weighted by molar-refractivity contribution is 5.90. The summed E-state index contributed by atoms with van der Waals surface area (Å²) < 4.78 is 11.0. The number of benzene rings is 2.